The molecule has 2 heteroatoms. The highest BCUT2D eigenvalue weighted by atomic mass is 15.2. The predicted molar refractivity (Wildman–Crippen MR) is 48.5 cm³/mol. The third-order valence-corrected chi connectivity index (χ3v) is 1.97. The first kappa shape index (κ1) is 8.08. The number of hydrogen-bond acceptors (Lipinski definition) is 2. The van der Waals surface area contributed by atoms with E-state index in [1.54, 1.807) is 0 Å². The molecule has 3 N–H and O–H groups in total. The highest BCUT2D eigenvalue weighted by Gasteiger charge is 1.99. The van der Waals surface area contributed by atoms with Crippen LogP contribution in [0, 0.1) is 20.8 Å². The van der Waals surface area contributed by atoms with Crippen LogP contribution < -0.4 is 11.3 Å². The van der Waals surface area contributed by atoms with Crippen LogP contribution in [-0.4, -0.2) is 0 Å². The van der Waals surface area contributed by atoms with E-state index < -0.39 is 0 Å². The number of hydrogen-bond donors (Lipinski definition) is 2. The highest BCUT2D eigenvalue weighted by Crippen LogP contribution is 2.19. The lowest BCUT2D eigenvalue weighted by Gasteiger charge is -2.08. The second kappa shape index (κ2) is 2.93. The Morgan fingerprint density at radius 2 is 1.82 bits per heavy atom. The van der Waals surface area contributed by atoms with Crippen LogP contribution in [0.3, 0.4) is 0 Å². The van der Waals surface area contributed by atoms with Crippen LogP contribution in [0.2, 0.25) is 0 Å². The van der Waals surface area contributed by atoms with Crippen molar-refractivity contribution in [2.75, 3.05) is 5.43 Å². The molecule has 0 bridgehead atoms. The molecule has 0 spiro atoms. The van der Waals surface area contributed by atoms with Crippen molar-refractivity contribution in [3.63, 3.8) is 0 Å². The van der Waals surface area contributed by atoms with E-state index in [1.165, 1.54) is 16.7 Å². The summed E-state index contributed by atoms with van der Waals surface area (Å²) in [5, 5.41) is 0. The first-order valence-electron chi connectivity index (χ1n) is 3.69. The van der Waals surface area contributed by atoms with Crippen molar-refractivity contribution in [2.24, 2.45) is 5.84 Å². The van der Waals surface area contributed by atoms with Gasteiger partial charge in [-0.3, -0.25) is 5.84 Å². The van der Waals surface area contributed by atoms with Crippen molar-refractivity contribution in [3.05, 3.63) is 28.8 Å². The van der Waals surface area contributed by atoms with Crippen LogP contribution >= 0.6 is 0 Å². The topological polar surface area (TPSA) is 38.0 Å². The Hall–Kier alpha value is -1.02. The van der Waals surface area contributed by atoms with Crippen molar-refractivity contribution >= 4 is 5.69 Å². The van der Waals surface area contributed by atoms with Crippen LogP contribution in [0.1, 0.15) is 16.7 Å². The van der Waals surface area contributed by atoms with E-state index in [2.05, 4.69) is 32.3 Å². The van der Waals surface area contributed by atoms with Gasteiger partial charge in [-0.05, 0) is 43.5 Å². The van der Waals surface area contributed by atoms with E-state index >= 15 is 0 Å². The number of aryl methyl sites for hydroxylation is 2. The number of nitrogens with one attached hydrogen (secondary N) is 1. The van der Waals surface area contributed by atoms with Gasteiger partial charge in [0.1, 0.15) is 0 Å². The van der Waals surface area contributed by atoms with Crippen molar-refractivity contribution in [1.82, 2.24) is 0 Å². The van der Waals surface area contributed by atoms with E-state index in [4.69, 9.17) is 5.84 Å². The molecule has 0 heterocycles. The summed E-state index contributed by atoms with van der Waals surface area (Å²) in [7, 11) is 0. The average molecular weight is 150 g/mol. The summed E-state index contributed by atoms with van der Waals surface area (Å²) >= 11 is 0. The zero-order valence-corrected chi connectivity index (χ0v) is 7.23. The van der Waals surface area contributed by atoms with Crippen molar-refractivity contribution < 1.29 is 0 Å². The number of rotatable bonds is 1. The number of benzene rings is 1. The Kier molecular flexibility index (Phi) is 2.15. The third kappa shape index (κ3) is 1.52. The van der Waals surface area contributed by atoms with E-state index in [0.717, 1.165) is 5.69 Å². The van der Waals surface area contributed by atoms with E-state index in [9.17, 15) is 0 Å². The van der Waals surface area contributed by atoms with Gasteiger partial charge in [0.15, 0.2) is 0 Å². The van der Waals surface area contributed by atoms with Gasteiger partial charge >= 0.3 is 0 Å². The van der Waals surface area contributed by atoms with E-state index in [-0.39, 0.29) is 0 Å². The molecule has 60 valence electrons. The summed E-state index contributed by atoms with van der Waals surface area (Å²) in [4.78, 5) is 0. The minimum Gasteiger partial charge on any atom is -0.324 e. The summed E-state index contributed by atoms with van der Waals surface area (Å²) in [5.74, 6) is 5.34. The van der Waals surface area contributed by atoms with Crippen LogP contribution in [0.15, 0.2) is 12.1 Å². The quantitative estimate of drug-likeness (QED) is 0.474. The molecule has 0 aromatic heterocycles. The lowest BCUT2D eigenvalue weighted by atomic mass is 10.1. The summed E-state index contributed by atoms with van der Waals surface area (Å²) < 4.78 is 0. The Morgan fingerprint density at radius 1 is 1.18 bits per heavy atom. The highest BCUT2D eigenvalue weighted by molar-refractivity contribution is 5.54. The number of anilines is 1. The van der Waals surface area contributed by atoms with Gasteiger partial charge in [0.05, 0.1) is 5.69 Å². The van der Waals surface area contributed by atoms with Gasteiger partial charge in [0.2, 0.25) is 0 Å². The molecule has 0 aliphatic carbocycles. The zero-order valence-electron chi connectivity index (χ0n) is 7.23. The summed E-state index contributed by atoms with van der Waals surface area (Å²) in [5.41, 5.74) is 7.43. The second-order valence-corrected chi connectivity index (χ2v) is 2.90. The lowest BCUT2D eigenvalue weighted by Crippen LogP contribution is -2.08. The fraction of sp³-hybridized carbons (Fsp3) is 0.333. The Balaban J connectivity index is 3.24. The molecular formula is C9H14N2. The SMILES string of the molecule is Cc1cc(C)c(C)c(NN)c1. The molecule has 0 aliphatic heterocycles. The van der Waals surface area contributed by atoms with Crippen LogP contribution in [-0.2, 0) is 0 Å². The van der Waals surface area contributed by atoms with Gasteiger partial charge in [0.25, 0.3) is 0 Å². The molecule has 2 nitrogen and oxygen atoms in total. The fourth-order valence-corrected chi connectivity index (χ4v) is 1.19. The maximum Gasteiger partial charge on any atom is 0.0519 e. The number of hydrazine groups is 1. The first-order valence-corrected chi connectivity index (χ1v) is 3.69. The van der Waals surface area contributed by atoms with Crippen LogP contribution in [0.25, 0.3) is 0 Å². The van der Waals surface area contributed by atoms with Gasteiger partial charge in [-0.15, -0.1) is 0 Å². The smallest absolute Gasteiger partial charge is 0.0519 e. The van der Waals surface area contributed by atoms with Gasteiger partial charge in [-0.2, -0.15) is 0 Å². The molecule has 1 rings (SSSR count). The Labute approximate surface area is 67.4 Å². The Bertz CT molecular complexity index is 267. The van der Waals surface area contributed by atoms with Gasteiger partial charge in [-0.1, -0.05) is 6.07 Å². The maximum absolute atomic E-state index is 5.34. The average Bonchev–Trinajstić information content (AvgIpc) is 1.96. The second-order valence-electron chi connectivity index (χ2n) is 2.90. The molecule has 0 aliphatic rings. The minimum absolute atomic E-state index is 1.02. The molecule has 0 saturated heterocycles. The standard InChI is InChI=1S/C9H14N2/c1-6-4-7(2)8(3)9(5-6)11-10/h4-5,11H,10H2,1-3H3. The first-order chi connectivity index (χ1) is 5.15. The maximum atomic E-state index is 5.34. The molecule has 1 aromatic carbocycles. The zero-order chi connectivity index (χ0) is 8.43. The molecule has 0 radical (unpaired) electrons. The van der Waals surface area contributed by atoms with Crippen LogP contribution in [0.5, 0.6) is 0 Å². The molecule has 0 unspecified atom stereocenters. The lowest BCUT2D eigenvalue weighted by molar-refractivity contribution is 1.25. The summed E-state index contributed by atoms with van der Waals surface area (Å²) in [6, 6.07) is 4.19. The van der Waals surface area contributed by atoms with E-state index in [0.29, 0.717) is 0 Å². The minimum atomic E-state index is 1.02. The Morgan fingerprint density at radius 3 is 2.36 bits per heavy atom. The number of nitrogen functional groups attached to an aromatic ring is 1. The third-order valence-electron chi connectivity index (χ3n) is 1.97. The van der Waals surface area contributed by atoms with Gasteiger partial charge in [-0.25, -0.2) is 0 Å². The molecule has 0 atom stereocenters. The molecule has 0 saturated carbocycles. The number of nitrogens with two attached hydrogens (primary N) is 1. The summed E-state index contributed by atoms with van der Waals surface area (Å²) in [6.45, 7) is 6.21. The molecule has 0 amide bonds. The van der Waals surface area contributed by atoms with Gasteiger partial charge in [0, 0.05) is 0 Å². The van der Waals surface area contributed by atoms with E-state index in [1.807, 2.05) is 6.07 Å². The van der Waals surface area contributed by atoms with Crippen molar-refractivity contribution in [2.45, 2.75) is 20.8 Å². The van der Waals surface area contributed by atoms with Gasteiger partial charge < -0.3 is 5.43 Å². The normalized spacial score (nSPS) is 9.82. The fourth-order valence-electron chi connectivity index (χ4n) is 1.19. The molecular weight excluding hydrogens is 136 g/mol. The largest absolute Gasteiger partial charge is 0.324 e. The van der Waals surface area contributed by atoms with Crippen molar-refractivity contribution in [3.8, 4) is 0 Å². The monoisotopic (exact) mass is 150 g/mol. The molecule has 11 heavy (non-hydrogen) atoms. The molecule has 0 fully saturated rings. The predicted octanol–water partition coefficient (Wildman–Crippen LogP) is 1.90. The molecule has 1 aromatic rings. The van der Waals surface area contributed by atoms with Crippen LogP contribution in [0.4, 0.5) is 5.69 Å². The van der Waals surface area contributed by atoms with Crippen molar-refractivity contribution in [1.29, 1.82) is 0 Å². The summed E-state index contributed by atoms with van der Waals surface area (Å²) in [6.07, 6.45) is 0.